The van der Waals surface area contributed by atoms with E-state index < -0.39 is 5.91 Å². The Bertz CT molecular complexity index is 1140. The zero-order chi connectivity index (χ0) is 21.1. The third kappa shape index (κ3) is 5.00. The van der Waals surface area contributed by atoms with Crippen LogP contribution in [-0.4, -0.2) is 15.5 Å². The Morgan fingerprint density at radius 2 is 1.90 bits per heavy atom. The SMILES string of the molecule is Cc1ccc(NC(=O)Cn2c(Nc3ccc(F)c(C)c3)nc(C)cc2=O)c(Cl)c1. The number of aryl methyl sites for hydroxylation is 3. The summed E-state index contributed by atoms with van der Waals surface area (Å²) in [6.45, 7) is 4.94. The van der Waals surface area contributed by atoms with Gasteiger partial charge in [0.2, 0.25) is 11.9 Å². The first-order valence-corrected chi connectivity index (χ1v) is 9.28. The number of rotatable bonds is 5. The van der Waals surface area contributed by atoms with E-state index in [4.69, 9.17) is 11.6 Å². The molecule has 0 aliphatic carbocycles. The highest BCUT2D eigenvalue weighted by molar-refractivity contribution is 6.33. The Labute approximate surface area is 172 Å². The summed E-state index contributed by atoms with van der Waals surface area (Å²) in [5.41, 5.74) is 2.53. The molecule has 0 bridgehead atoms. The molecule has 0 spiro atoms. The average molecular weight is 415 g/mol. The highest BCUT2D eigenvalue weighted by atomic mass is 35.5. The molecule has 1 heterocycles. The maximum absolute atomic E-state index is 13.5. The van der Waals surface area contributed by atoms with Gasteiger partial charge in [0.15, 0.2) is 0 Å². The molecule has 0 saturated heterocycles. The molecular weight excluding hydrogens is 395 g/mol. The summed E-state index contributed by atoms with van der Waals surface area (Å²) < 4.78 is 14.7. The van der Waals surface area contributed by atoms with Gasteiger partial charge in [0.25, 0.3) is 5.56 Å². The number of nitrogens with zero attached hydrogens (tertiary/aromatic N) is 2. The Morgan fingerprint density at radius 1 is 1.14 bits per heavy atom. The molecule has 0 fully saturated rings. The van der Waals surface area contributed by atoms with Crippen LogP contribution in [0.1, 0.15) is 16.8 Å². The standard InChI is InChI=1S/C21H20ClFN4O2/c1-12-4-7-18(16(22)8-12)26-19(28)11-27-20(29)10-14(3)24-21(27)25-15-5-6-17(23)13(2)9-15/h4-10H,11H2,1-3H3,(H,24,25)(H,26,28). The molecule has 0 aliphatic heterocycles. The summed E-state index contributed by atoms with van der Waals surface area (Å²) >= 11 is 6.16. The number of amides is 1. The average Bonchev–Trinajstić information content (AvgIpc) is 2.63. The van der Waals surface area contributed by atoms with Crippen molar-refractivity contribution in [1.82, 2.24) is 9.55 Å². The Balaban J connectivity index is 1.87. The van der Waals surface area contributed by atoms with Crippen molar-refractivity contribution in [1.29, 1.82) is 0 Å². The molecule has 29 heavy (non-hydrogen) atoms. The third-order valence-electron chi connectivity index (χ3n) is 4.25. The van der Waals surface area contributed by atoms with Crippen LogP contribution in [0.25, 0.3) is 0 Å². The molecule has 1 aromatic heterocycles. The third-order valence-corrected chi connectivity index (χ3v) is 4.56. The number of nitrogens with one attached hydrogen (secondary N) is 2. The molecule has 1 amide bonds. The molecule has 0 aliphatic rings. The zero-order valence-corrected chi connectivity index (χ0v) is 17.0. The second-order valence-electron chi connectivity index (χ2n) is 6.77. The lowest BCUT2D eigenvalue weighted by Gasteiger charge is -2.15. The van der Waals surface area contributed by atoms with Crippen LogP contribution in [0.15, 0.2) is 47.3 Å². The summed E-state index contributed by atoms with van der Waals surface area (Å²) in [5.74, 6) is -0.576. The number of carbonyl (C=O) groups excluding carboxylic acids is 1. The van der Waals surface area contributed by atoms with E-state index in [9.17, 15) is 14.0 Å². The van der Waals surface area contributed by atoms with Crippen LogP contribution in [0.2, 0.25) is 5.02 Å². The molecule has 0 unspecified atom stereocenters. The van der Waals surface area contributed by atoms with Gasteiger partial charge in [0.05, 0.1) is 10.7 Å². The predicted molar refractivity (Wildman–Crippen MR) is 112 cm³/mol. The van der Waals surface area contributed by atoms with Crippen molar-refractivity contribution in [3.8, 4) is 0 Å². The quantitative estimate of drug-likeness (QED) is 0.651. The number of carbonyl (C=O) groups is 1. The monoisotopic (exact) mass is 414 g/mol. The van der Waals surface area contributed by atoms with Crippen molar-refractivity contribution >= 4 is 34.8 Å². The summed E-state index contributed by atoms with van der Waals surface area (Å²) in [6.07, 6.45) is 0. The lowest BCUT2D eigenvalue weighted by Crippen LogP contribution is -2.30. The molecule has 0 saturated carbocycles. The van der Waals surface area contributed by atoms with Crippen LogP contribution in [0.5, 0.6) is 0 Å². The Morgan fingerprint density at radius 3 is 2.59 bits per heavy atom. The summed E-state index contributed by atoms with van der Waals surface area (Å²) in [7, 11) is 0. The van der Waals surface area contributed by atoms with Crippen molar-refractivity contribution in [2.24, 2.45) is 0 Å². The van der Waals surface area contributed by atoms with Gasteiger partial charge < -0.3 is 10.6 Å². The minimum absolute atomic E-state index is 0.186. The van der Waals surface area contributed by atoms with Crippen LogP contribution >= 0.6 is 11.6 Å². The summed E-state index contributed by atoms with van der Waals surface area (Å²) in [6, 6.07) is 11.1. The van der Waals surface area contributed by atoms with Crippen molar-refractivity contribution in [2.45, 2.75) is 27.3 Å². The van der Waals surface area contributed by atoms with Gasteiger partial charge in [-0.15, -0.1) is 0 Å². The normalized spacial score (nSPS) is 10.7. The van der Waals surface area contributed by atoms with Crippen molar-refractivity contribution < 1.29 is 9.18 Å². The highest BCUT2D eigenvalue weighted by Crippen LogP contribution is 2.23. The lowest BCUT2D eigenvalue weighted by molar-refractivity contribution is -0.116. The number of aromatic nitrogens is 2. The number of anilines is 3. The van der Waals surface area contributed by atoms with Crippen molar-refractivity contribution in [3.63, 3.8) is 0 Å². The van der Waals surface area contributed by atoms with Crippen LogP contribution in [-0.2, 0) is 11.3 Å². The summed E-state index contributed by atoms with van der Waals surface area (Å²) in [4.78, 5) is 29.3. The number of halogens is 2. The van der Waals surface area contributed by atoms with E-state index in [1.807, 2.05) is 13.0 Å². The first kappa shape index (κ1) is 20.5. The topological polar surface area (TPSA) is 76.0 Å². The lowest BCUT2D eigenvalue weighted by atomic mass is 10.2. The maximum atomic E-state index is 13.5. The Hall–Kier alpha value is -3.19. The smallest absolute Gasteiger partial charge is 0.255 e. The predicted octanol–water partition coefficient (Wildman–Crippen LogP) is 4.34. The molecule has 0 atom stereocenters. The van der Waals surface area contributed by atoms with Gasteiger partial charge in [-0.25, -0.2) is 9.37 Å². The molecule has 3 aromatic rings. The first-order chi connectivity index (χ1) is 13.7. The van der Waals surface area contributed by atoms with Gasteiger partial charge in [-0.1, -0.05) is 17.7 Å². The largest absolute Gasteiger partial charge is 0.326 e. The van der Waals surface area contributed by atoms with Gasteiger partial charge in [0, 0.05) is 17.4 Å². The van der Waals surface area contributed by atoms with Gasteiger partial charge in [-0.2, -0.15) is 0 Å². The van der Waals surface area contributed by atoms with Crippen molar-refractivity contribution in [2.75, 3.05) is 10.6 Å². The minimum atomic E-state index is -0.429. The van der Waals surface area contributed by atoms with E-state index in [0.717, 1.165) is 5.56 Å². The fraction of sp³-hybridized carbons (Fsp3) is 0.190. The highest BCUT2D eigenvalue weighted by Gasteiger charge is 2.13. The molecule has 8 heteroatoms. The second kappa shape index (κ2) is 8.45. The van der Waals surface area contributed by atoms with Gasteiger partial charge >= 0.3 is 0 Å². The molecule has 2 N–H and O–H groups in total. The number of benzene rings is 2. The van der Waals surface area contributed by atoms with E-state index in [0.29, 0.717) is 27.7 Å². The van der Waals surface area contributed by atoms with Gasteiger partial charge in [0.1, 0.15) is 12.4 Å². The molecule has 0 radical (unpaired) electrons. The van der Waals surface area contributed by atoms with Crippen LogP contribution in [0, 0.1) is 26.6 Å². The molecule has 6 nitrogen and oxygen atoms in total. The van der Waals surface area contributed by atoms with Crippen LogP contribution < -0.4 is 16.2 Å². The van der Waals surface area contributed by atoms with Crippen LogP contribution in [0.3, 0.4) is 0 Å². The van der Waals surface area contributed by atoms with Gasteiger partial charge in [-0.3, -0.25) is 14.2 Å². The van der Waals surface area contributed by atoms with E-state index in [1.165, 1.54) is 22.8 Å². The fourth-order valence-corrected chi connectivity index (χ4v) is 3.06. The van der Waals surface area contributed by atoms with Gasteiger partial charge in [-0.05, 0) is 62.2 Å². The summed E-state index contributed by atoms with van der Waals surface area (Å²) in [5, 5.41) is 6.10. The second-order valence-corrected chi connectivity index (χ2v) is 7.17. The molecule has 3 rings (SSSR count). The van der Waals surface area contributed by atoms with Crippen molar-refractivity contribution in [3.05, 3.63) is 80.5 Å². The van der Waals surface area contributed by atoms with Crippen LogP contribution in [0.4, 0.5) is 21.7 Å². The minimum Gasteiger partial charge on any atom is -0.326 e. The van der Waals surface area contributed by atoms with E-state index in [-0.39, 0.29) is 23.9 Å². The number of hydrogen-bond acceptors (Lipinski definition) is 4. The van der Waals surface area contributed by atoms with E-state index in [2.05, 4.69) is 15.6 Å². The maximum Gasteiger partial charge on any atom is 0.255 e. The fourth-order valence-electron chi connectivity index (χ4n) is 2.78. The first-order valence-electron chi connectivity index (χ1n) is 8.90. The van der Waals surface area contributed by atoms with E-state index >= 15 is 0 Å². The number of hydrogen-bond donors (Lipinski definition) is 2. The molecular formula is C21H20ClFN4O2. The molecule has 150 valence electrons. The molecule has 2 aromatic carbocycles. The van der Waals surface area contributed by atoms with E-state index in [1.54, 1.807) is 32.0 Å². The zero-order valence-electron chi connectivity index (χ0n) is 16.2. The Kier molecular flexibility index (Phi) is 5.98.